The summed E-state index contributed by atoms with van der Waals surface area (Å²) in [6.07, 6.45) is -0.118. The molecule has 0 saturated heterocycles. The number of rotatable bonds is 8. The number of nitro benzene ring substituents is 1. The summed E-state index contributed by atoms with van der Waals surface area (Å²) >= 11 is 0. The van der Waals surface area contributed by atoms with E-state index in [4.69, 9.17) is 4.74 Å². The second-order valence-corrected chi connectivity index (χ2v) is 5.48. The van der Waals surface area contributed by atoms with E-state index in [1.54, 1.807) is 7.11 Å². The molecule has 7 heteroatoms. The first-order chi connectivity index (χ1) is 12.0. The number of nitro groups is 1. The van der Waals surface area contributed by atoms with Crippen molar-refractivity contribution in [1.29, 1.82) is 0 Å². The number of benzene rings is 2. The van der Waals surface area contributed by atoms with Gasteiger partial charge in [0.05, 0.1) is 18.1 Å². The molecule has 0 aliphatic carbocycles. The zero-order valence-electron chi connectivity index (χ0n) is 13.8. The Kier molecular flexibility index (Phi) is 6.47. The molecular formula is C18H20N2O5. The van der Waals surface area contributed by atoms with Crippen LogP contribution >= 0.6 is 0 Å². The molecule has 0 unspecified atom stereocenters. The van der Waals surface area contributed by atoms with Gasteiger partial charge in [-0.2, -0.15) is 0 Å². The van der Waals surface area contributed by atoms with Crippen LogP contribution in [0.4, 0.5) is 5.69 Å². The van der Waals surface area contributed by atoms with E-state index in [0.29, 0.717) is 12.0 Å². The van der Waals surface area contributed by atoms with Crippen LogP contribution in [0, 0.1) is 10.1 Å². The molecule has 0 spiro atoms. The van der Waals surface area contributed by atoms with Crippen molar-refractivity contribution < 1.29 is 19.6 Å². The Morgan fingerprint density at radius 1 is 1.24 bits per heavy atom. The number of aliphatic hydroxyl groups excluding tert-OH is 1. The first kappa shape index (κ1) is 18.4. The highest BCUT2D eigenvalue weighted by atomic mass is 16.6. The van der Waals surface area contributed by atoms with Gasteiger partial charge in [0.1, 0.15) is 5.75 Å². The van der Waals surface area contributed by atoms with Crippen LogP contribution in [-0.4, -0.2) is 29.6 Å². The van der Waals surface area contributed by atoms with E-state index in [0.717, 1.165) is 11.3 Å². The normalized spacial score (nSPS) is 11.6. The number of carbonyl (C=O) groups is 1. The summed E-state index contributed by atoms with van der Waals surface area (Å²) in [5.41, 5.74) is 1.41. The third-order valence-electron chi connectivity index (χ3n) is 3.80. The maximum atomic E-state index is 11.9. The minimum Gasteiger partial charge on any atom is -0.496 e. The molecule has 2 N–H and O–H groups in total. The summed E-state index contributed by atoms with van der Waals surface area (Å²) < 4.78 is 5.24. The van der Waals surface area contributed by atoms with Crippen molar-refractivity contribution in [2.24, 2.45) is 0 Å². The summed E-state index contributed by atoms with van der Waals surface area (Å²) in [5, 5.41) is 23.3. The second-order valence-electron chi connectivity index (χ2n) is 5.48. The van der Waals surface area contributed by atoms with Gasteiger partial charge in [0.2, 0.25) is 5.91 Å². The van der Waals surface area contributed by atoms with Crippen LogP contribution in [0.15, 0.2) is 48.5 Å². The molecule has 2 aromatic carbocycles. The molecule has 25 heavy (non-hydrogen) atoms. The molecule has 0 fully saturated rings. The van der Waals surface area contributed by atoms with E-state index < -0.39 is 11.0 Å². The van der Waals surface area contributed by atoms with Gasteiger partial charge in [0.25, 0.3) is 5.69 Å². The summed E-state index contributed by atoms with van der Waals surface area (Å²) in [4.78, 5) is 22.0. The highest BCUT2D eigenvalue weighted by molar-refractivity contribution is 5.76. The van der Waals surface area contributed by atoms with Gasteiger partial charge in [-0.05, 0) is 35.7 Å². The van der Waals surface area contributed by atoms with Crippen molar-refractivity contribution in [2.45, 2.75) is 18.9 Å². The van der Waals surface area contributed by atoms with Gasteiger partial charge in [-0.25, -0.2) is 0 Å². The van der Waals surface area contributed by atoms with Gasteiger partial charge in [-0.15, -0.1) is 0 Å². The van der Waals surface area contributed by atoms with E-state index in [2.05, 4.69) is 5.32 Å². The summed E-state index contributed by atoms with van der Waals surface area (Å²) in [6, 6.07) is 13.1. The molecule has 0 heterocycles. The maximum Gasteiger partial charge on any atom is 0.269 e. The number of non-ortho nitro benzene ring substituents is 1. The fraction of sp³-hybridized carbons (Fsp3) is 0.278. The Hall–Kier alpha value is -2.93. The minimum absolute atomic E-state index is 0.0442. The van der Waals surface area contributed by atoms with Gasteiger partial charge in [-0.3, -0.25) is 14.9 Å². The number of nitrogens with one attached hydrogen (secondary N) is 1. The quantitative estimate of drug-likeness (QED) is 0.565. The maximum absolute atomic E-state index is 11.9. The van der Waals surface area contributed by atoms with Crippen LogP contribution in [-0.2, 0) is 11.2 Å². The number of amides is 1. The van der Waals surface area contributed by atoms with E-state index >= 15 is 0 Å². The monoisotopic (exact) mass is 344 g/mol. The third-order valence-corrected chi connectivity index (χ3v) is 3.80. The number of carbonyl (C=O) groups excluding carboxylic acids is 1. The number of nitrogens with zero attached hydrogens (tertiary/aromatic N) is 1. The fourth-order valence-corrected chi connectivity index (χ4v) is 2.39. The van der Waals surface area contributed by atoms with Crippen molar-refractivity contribution in [1.82, 2.24) is 5.32 Å². The number of hydrogen-bond donors (Lipinski definition) is 2. The molecule has 2 aromatic rings. The van der Waals surface area contributed by atoms with E-state index in [1.807, 2.05) is 24.3 Å². The number of para-hydroxylation sites is 1. The molecule has 0 aliphatic rings. The van der Waals surface area contributed by atoms with E-state index in [-0.39, 0.29) is 24.6 Å². The van der Waals surface area contributed by atoms with Crippen LogP contribution in [0.5, 0.6) is 5.75 Å². The molecule has 1 amide bonds. The van der Waals surface area contributed by atoms with Gasteiger partial charge >= 0.3 is 0 Å². The predicted molar refractivity (Wildman–Crippen MR) is 92.4 cm³/mol. The first-order valence-corrected chi connectivity index (χ1v) is 7.82. The highest BCUT2D eigenvalue weighted by Gasteiger charge is 2.12. The van der Waals surface area contributed by atoms with Crippen molar-refractivity contribution in [3.8, 4) is 5.75 Å². The number of methoxy groups -OCH3 is 1. The lowest BCUT2D eigenvalue weighted by molar-refractivity contribution is -0.384. The molecular weight excluding hydrogens is 324 g/mol. The first-order valence-electron chi connectivity index (χ1n) is 7.82. The van der Waals surface area contributed by atoms with Gasteiger partial charge < -0.3 is 15.2 Å². The molecule has 7 nitrogen and oxygen atoms in total. The molecule has 2 rings (SSSR count). The Morgan fingerprint density at radius 2 is 1.92 bits per heavy atom. The van der Waals surface area contributed by atoms with Gasteiger partial charge in [0.15, 0.2) is 0 Å². The predicted octanol–water partition coefficient (Wildman–Crippen LogP) is 2.39. The summed E-state index contributed by atoms with van der Waals surface area (Å²) in [5.74, 6) is 0.549. The lowest BCUT2D eigenvalue weighted by atomic mass is 10.1. The molecule has 0 saturated carbocycles. The average Bonchev–Trinajstić information content (AvgIpc) is 2.64. The van der Waals surface area contributed by atoms with Crippen LogP contribution in [0.25, 0.3) is 0 Å². The summed E-state index contributed by atoms with van der Waals surface area (Å²) in [6.45, 7) is 0.0442. The molecule has 0 aliphatic heterocycles. The molecule has 132 valence electrons. The number of hydrogen-bond acceptors (Lipinski definition) is 5. The van der Waals surface area contributed by atoms with Crippen LogP contribution in [0.2, 0.25) is 0 Å². The van der Waals surface area contributed by atoms with Gasteiger partial charge in [0, 0.05) is 25.1 Å². The Labute approximate surface area is 145 Å². The smallest absolute Gasteiger partial charge is 0.269 e. The Morgan fingerprint density at radius 3 is 2.56 bits per heavy atom. The standard InChI is InChI=1S/C18H20N2O5/c1-25-17-5-3-2-4-14(17)8-11-18(22)19-12-16(21)13-6-9-15(10-7-13)20(23)24/h2-7,9-10,16,21H,8,11-12H2,1H3,(H,19,22)/t16-/m0/s1. The Bertz CT molecular complexity index is 731. The topological polar surface area (TPSA) is 102 Å². The number of aliphatic hydroxyl groups is 1. The minimum atomic E-state index is -0.920. The molecule has 0 radical (unpaired) electrons. The molecule has 1 atom stereocenters. The zero-order chi connectivity index (χ0) is 18.2. The average molecular weight is 344 g/mol. The fourth-order valence-electron chi connectivity index (χ4n) is 2.39. The second kappa shape index (κ2) is 8.79. The van der Waals surface area contributed by atoms with E-state index in [9.17, 15) is 20.0 Å². The van der Waals surface area contributed by atoms with Crippen molar-refractivity contribution in [2.75, 3.05) is 13.7 Å². The van der Waals surface area contributed by atoms with Crippen LogP contribution < -0.4 is 10.1 Å². The van der Waals surface area contributed by atoms with Crippen molar-refractivity contribution in [3.05, 3.63) is 69.8 Å². The number of aryl methyl sites for hydroxylation is 1. The molecule has 0 aromatic heterocycles. The lowest BCUT2D eigenvalue weighted by Gasteiger charge is -2.12. The Balaban J connectivity index is 1.82. The summed E-state index contributed by atoms with van der Waals surface area (Å²) in [7, 11) is 1.58. The zero-order valence-corrected chi connectivity index (χ0v) is 13.8. The SMILES string of the molecule is COc1ccccc1CCC(=O)NC[C@H](O)c1ccc([N+](=O)[O-])cc1. The van der Waals surface area contributed by atoms with Crippen LogP contribution in [0.1, 0.15) is 23.7 Å². The van der Waals surface area contributed by atoms with Crippen molar-refractivity contribution in [3.63, 3.8) is 0 Å². The van der Waals surface area contributed by atoms with Crippen LogP contribution in [0.3, 0.4) is 0 Å². The molecule has 0 bridgehead atoms. The lowest BCUT2D eigenvalue weighted by Crippen LogP contribution is -2.28. The highest BCUT2D eigenvalue weighted by Crippen LogP contribution is 2.19. The van der Waals surface area contributed by atoms with Gasteiger partial charge in [-0.1, -0.05) is 18.2 Å². The largest absolute Gasteiger partial charge is 0.496 e. The van der Waals surface area contributed by atoms with Crippen molar-refractivity contribution >= 4 is 11.6 Å². The van der Waals surface area contributed by atoms with E-state index in [1.165, 1.54) is 24.3 Å². The number of ether oxygens (including phenoxy) is 1. The third kappa shape index (κ3) is 5.29.